The van der Waals surface area contributed by atoms with Crippen molar-refractivity contribution in [2.24, 2.45) is 0 Å². The maximum absolute atomic E-state index is 12.3. The molecule has 3 nitrogen and oxygen atoms in total. The SMILES string of the molecule is Cc1ccc(N(C)C(=O)c2cccc(N)c2)cc1Cl. The van der Waals surface area contributed by atoms with Gasteiger partial charge >= 0.3 is 0 Å². The fourth-order valence-corrected chi connectivity index (χ4v) is 1.95. The number of hydrogen-bond acceptors (Lipinski definition) is 2. The second-order valence-corrected chi connectivity index (χ2v) is 4.83. The largest absolute Gasteiger partial charge is 0.399 e. The van der Waals surface area contributed by atoms with Gasteiger partial charge in [0, 0.05) is 29.0 Å². The molecule has 0 aliphatic heterocycles. The standard InChI is InChI=1S/C15H15ClN2O/c1-10-6-7-13(9-14(10)16)18(2)15(19)11-4-3-5-12(17)8-11/h3-9H,17H2,1-2H3. The average molecular weight is 275 g/mol. The summed E-state index contributed by atoms with van der Waals surface area (Å²) in [5.41, 5.74) is 8.55. The minimum absolute atomic E-state index is 0.118. The lowest BCUT2D eigenvalue weighted by Crippen LogP contribution is -2.26. The molecule has 0 saturated carbocycles. The third-order valence-corrected chi connectivity index (χ3v) is 3.39. The Labute approximate surface area is 117 Å². The summed E-state index contributed by atoms with van der Waals surface area (Å²) in [6, 6.07) is 12.4. The Balaban J connectivity index is 2.30. The molecular formula is C15H15ClN2O. The number of carbonyl (C=O) groups excluding carboxylic acids is 1. The van der Waals surface area contributed by atoms with Crippen LogP contribution >= 0.6 is 11.6 Å². The maximum Gasteiger partial charge on any atom is 0.258 e. The highest BCUT2D eigenvalue weighted by atomic mass is 35.5. The number of halogens is 1. The van der Waals surface area contributed by atoms with Gasteiger partial charge in [-0.1, -0.05) is 23.7 Å². The molecule has 0 fully saturated rings. The Bertz CT molecular complexity index is 625. The summed E-state index contributed by atoms with van der Waals surface area (Å²) in [7, 11) is 1.71. The Morgan fingerprint density at radius 1 is 1.21 bits per heavy atom. The molecule has 0 aliphatic rings. The minimum Gasteiger partial charge on any atom is -0.399 e. The fourth-order valence-electron chi connectivity index (χ4n) is 1.77. The quantitative estimate of drug-likeness (QED) is 0.852. The fraction of sp³-hybridized carbons (Fsp3) is 0.133. The van der Waals surface area contributed by atoms with Crippen molar-refractivity contribution < 1.29 is 4.79 Å². The highest BCUT2D eigenvalue weighted by Gasteiger charge is 2.14. The second kappa shape index (κ2) is 5.33. The van der Waals surface area contributed by atoms with E-state index in [4.69, 9.17) is 17.3 Å². The zero-order valence-corrected chi connectivity index (χ0v) is 11.6. The van der Waals surface area contributed by atoms with E-state index in [9.17, 15) is 4.79 Å². The minimum atomic E-state index is -0.118. The zero-order chi connectivity index (χ0) is 14.0. The number of hydrogen-bond donors (Lipinski definition) is 1. The number of anilines is 2. The second-order valence-electron chi connectivity index (χ2n) is 4.42. The maximum atomic E-state index is 12.3. The van der Waals surface area contributed by atoms with Crippen LogP contribution in [0.1, 0.15) is 15.9 Å². The van der Waals surface area contributed by atoms with E-state index in [1.165, 1.54) is 0 Å². The van der Waals surface area contributed by atoms with E-state index in [0.717, 1.165) is 11.3 Å². The van der Waals surface area contributed by atoms with Gasteiger partial charge in [-0.05, 0) is 42.8 Å². The number of aryl methyl sites for hydroxylation is 1. The third-order valence-electron chi connectivity index (χ3n) is 2.98. The smallest absolute Gasteiger partial charge is 0.258 e. The van der Waals surface area contributed by atoms with Crippen LogP contribution in [0.15, 0.2) is 42.5 Å². The lowest BCUT2D eigenvalue weighted by Gasteiger charge is -2.18. The van der Waals surface area contributed by atoms with Crippen LogP contribution in [0.4, 0.5) is 11.4 Å². The van der Waals surface area contributed by atoms with Crippen LogP contribution in [-0.4, -0.2) is 13.0 Å². The first-order valence-electron chi connectivity index (χ1n) is 5.89. The van der Waals surface area contributed by atoms with Crippen LogP contribution in [0.2, 0.25) is 5.02 Å². The van der Waals surface area contributed by atoms with Gasteiger partial charge in [-0.3, -0.25) is 4.79 Å². The molecular weight excluding hydrogens is 260 g/mol. The number of benzene rings is 2. The molecule has 98 valence electrons. The van der Waals surface area contributed by atoms with E-state index in [0.29, 0.717) is 16.3 Å². The van der Waals surface area contributed by atoms with E-state index in [2.05, 4.69) is 0 Å². The van der Waals surface area contributed by atoms with Gasteiger partial charge in [-0.15, -0.1) is 0 Å². The number of nitrogen functional groups attached to an aromatic ring is 1. The summed E-state index contributed by atoms with van der Waals surface area (Å²) in [4.78, 5) is 13.9. The van der Waals surface area contributed by atoms with E-state index < -0.39 is 0 Å². The first kappa shape index (κ1) is 13.4. The molecule has 0 unspecified atom stereocenters. The van der Waals surface area contributed by atoms with Gasteiger partial charge in [-0.25, -0.2) is 0 Å². The van der Waals surface area contributed by atoms with Crippen molar-refractivity contribution in [3.05, 3.63) is 58.6 Å². The summed E-state index contributed by atoms with van der Waals surface area (Å²) in [5, 5.41) is 0.643. The summed E-state index contributed by atoms with van der Waals surface area (Å²) in [6.07, 6.45) is 0. The summed E-state index contributed by atoms with van der Waals surface area (Å²) in [6.45, 7) is 1.92. The predicted octanol–water partition coefficient (Wildman–Crippen LogP) is 3.51. The number of rotatable bonds is 2. The van der Waals surface area contributed by atoms with Crippen molar-refractivity contribution in [1.82, 2.24) is 0 Å². The van der Waals surface area contributed by atoms with E-state index in [-0.39, 0.29) is 5.91 Å². The monoisotopic (exact) mass is 274 g/mol. The molecule has 2 aromatic carbocycles. The predicted molar refractivity (Wildman–Crippen MR) is 79.8 cm³/mol. The summed E-state index contributed by atoms with van der Waals surface area (Å²) >= 11 is 6.08. The molecule has 2 rings (SSSR count). The molecule has 0 bridgehead atoms. The Kier molecular flexibility index (Phi) is 3.76. The molecule has 0 radical (unpaired) electrons. The van der Waals surface area contributed by atoms with Crippen molar-refractivity contribution >= 4 is 28.9 Å². The number of nitrogens with two attached hydrogens (primary N) is 1. The third kappa shape index (κ3) is 2.88. The van der Waals surface area contributed by atoms with Crippen molar-refractivity contribution in [3.8, 4) is 0 Å². The van der Waals surface area contributed by atoms with Gasteiger partial charge in [0.05, 0.1) is 0 Å². The normalized spacial score (nSPS) is 10.3. The number of amides is 1. The first-order valence-corrected chi connectivity index (χ1v) is 6.26. The van der Waals surface area contributed by atoms with Crippen LogP contribution in [0.3, 0.4) is 0 Å². The molecule has 19 heavy (non-hydrogen) atoms. The van der Waals surface area contributed by atoms with Crippen molar-refractivity contribution in [2.75, 3.05) is 17.7 Å². The van der Waals surface area contributed by atoms with Gasteiger partial charge in [-0.2, -0.15) is 0 Å². The lowest BCUT2D eigenvalue weighted by molar-refractivity contribution is 0.0993. The van der Waals surface area contributed by atoms with Crippen LogP contribution in [0, 0.1) is 6.92 Å². The van der Waals surface area contributed by atoms with E-state index >= 15 is 0 Å². The molecule has 0 spiro atoms. The molecule has 0 aliphatic carbocycles. The average Bonchev–Trinajstić information content (AvgIpc) is 2.40. The molecule has 0 heterocycles. The van der Waals surface area contributed by atoms with Crippen LogP contribution < -0.4 is 10.6 Å². The van der Waals surface area contributed by atoms with Gasteiger partial charge in [0.15, 0.2) is 0 Å². The van der Waals surface area contributed by atoms with Crippen LogP contribution in [0.25, 0.3) is 0 Å². The molecule has 2 aromatic rings. The summed E-state index contributed by atoms with van der Waals surface area (Å²) < 4.78 is 0. The highest BCUT2D eigenvalue weighted by molar-refractivity contribution is 6.31. The van der Waals surface area contributed by atoms with Gasteiger partial charge in [0.25, 0.3) is 5.91 Å². The van der Waals surface area contributed by atoms with Gasteiger partial charge < -0.3 is 10.6 Å². The Morgan fingerprint density at radius 2 is 1.95 bits per heavy atom. The number of carbonyl (C=O) groups is 1. The summed E-state index contributed by atoms with van der Waals surface area (Å²) in [5.74, 6) is -0.118. The first-order chi connectivity index (χ1) is 8.99. The molecule has 2 N–H and O–H groups in total. The number of nitrogens with zero attached hydrogens (tertiary/aromatic N) is 1. The van der Waals surface area contributed by atoms with Crippen molar-refractivity contribution in [1.29, 1.82) is 0 Å². The van der Waals surface area contributed by atoms with Crippen LogP contribution in [-0.2, 0) is 0 Å². The highest BCUT2D eigenvalue weighted by Crippen LogP contribution is 2.23. The van der Waals surface area contributed by atoms with Gasteiger partial charge in [0.2, 0.25) is 0 Å². The molecule has 0 aromatic heterocycles. The van der Waals surface area contributed by atoms with E-state index in [1.807, 2.05) is 19.1 Å². The Morgan fingerprint density at radius 3 is 2.58 bits per heavy atom. The molecule has 0 saturated heterocycles. The topological polar surface area (TPSA) is 46.3 Å². The Hall–Kier alpha value is -2.00. The van der Waals surface area contributed by atoms with E-state index in [1.54, 1.807) is 42.3 Å². The van der Waals surface area contributed by atoms with Crippen molar-refractivity contribution in [3.63, 3.8) is 0 Å². The molecule has 4 heteroatoms. The molecule has 1 amide bonds. The molecule has 0 atom stereocenters. The zero-order valence-electron chi connectivity index (χ0n) is 10.9. The van der Waals surface area contributed by atoms with Crippen molar-refractivity contribution in [2.45, 2.75) is 6.92 Å². The van der Waals surface area contributed by atoms with Crippen LogP contribution in [0.5, 0.6) is 0 Å². The van der Waals surface area contributed by atoms with Gasteiger partial charge in [0.1, 0.15) is 0 Å². The lowest BCUT2D eigenvalue weighted by atomic mass is 10.1.